The van der Waals surface area contributed by atoms with E-state index in [4.69, 9.17) is 5.41 Å². The summed E-state index contributed by atoms with van der Waals surface area (Å²) in [5.41, 5.74) is 3.47. The van der Waals surface area contributed by atoms with Crippen molar-refractivity contribution in [2.45, 2.75) is 34.1 Å². The quantitative estimate of drug-likeness (QED) is 0.504. The lowest BCUT2D eigenvalue weighted by Gasteiger charge is -2.05. The number of nitrogens with one attached hydrogen (secondary N) is 2. The van der Waals surface area contributed by atoms with Crippen molar-refractivity contribution in [1.82, 2.24) is 9.97 Å². The van der Waals surface area contributed by atoms with Crippen LogP contribution in [0.15, 0.2) is 48.0 Å². The van der Waals surface area contributed by atoms with E-state index < -0.39 is 0 Å². The summed E-state index contributed by atoms with van der Waals surface area (Å²) in [5, 5.41) is 12.8. The molecule has 0 atom stereocenters. The van der Waals surface area contributed by atoms with Gasteiger partial charge in [0.25, 0.3) is 0 Å². The van der Waals surface area contributed by atoms with Crippen LogP contribution in [0.25, 0.3) is 15.8 Å². The molecular weight excluding hydrogens is 340 g/mol. The smallest absolute Gasteiger partial charge is 0.130 e. The fourth-order valence-corrected chi connectivity index (χ4v) is 2.87. The van der Waals surface area contributed by atoms with Gasteiger partial charge in [-0.3, -0.25) is 0 Å². The Morgan fingerprint density at radius 1 is 1.27 bits per heavy atom. The standard InChI is InChI=1S/C16H14N4S.C5H12/c1-2-11(9-17)12-6-7-14-16(20-12)13(10-21-14)19-15-5-3-4-8-18-15;1-4-5(2)3/h2-10,17H,1H3,(H,18,19);5H,4H2,1-3H3/b11-2+,17-9?;. The molecule has 4 nitrogen and oxygen atoms in total. The summed E-state index contributed by atoms with van der Waals surface area (Å²) in [6.45, 7) is 8.55. The SMILES string of the molecule is C/C=C(\C=N)c1ccc2scc(Nc3ccccn3)c2n1.CCC(C)C. The summed E-state index contributed by atoms with van der Waals surface area (Å²) in [5.74, 6) is 1.68. The fourth-order valence-electron chi connectivity index (χ4n) is 2.04. The average Bonchev–Trinajstić information content (AvgIpc) is 3.06. The van der Waals surface area contributed by atoms with Gasteiger partial charge >= 0.3 is 0 Å². The second-order valence-electron chi connectivity index (χ2n) is 6.22. The first-order chi connectivity index (χ1) is 12.6. The highest BCUT2D eigenvalue weighted by molar-refractivity contribution is 7.17. The molecule has 0 unspecified atom stereocenters. The molecule has 3 rings (SSSR count). The van der Waals surface area contributed by atoms with Crippen LogP contribution in [0.2, 0.25) is 0 Å². The van der Waals surface area contributed by atoms with Gasteiger partial charge in [-0.2, -0.15) is 0 Å². The predicted molar refractivity (Wildman–Crippen MR) is 115 cm³/mol. The summed E-state index contributed by atoms with van der Waals surface area (Å²) >= 11 is 1.64. The van der Waals surface area contributed by atoms with E-state index in [1.165, 1.54) is 12.6 Å². The summed E-state index contributed by atoms with van der Waals surface area (Å²) in [6, 6.07) is 9.73. The Kier molecular flexibility index (Phi) is 7.48. The number of pyridine rings is 2. The maximum absolute atomic E-state index is 7.45. The largest absolute Gasteiger partial charge is 0.338 e. The van der Waals surface area contributed by atoms with Crippen molar-refractivity contribution in [1.29, 1.82) is 5.41 Å². The van der Waals surface area contributed by atoms with Crippen LogP contribution in [-0.2, 0) is 0 Å². The molecule has 0 aromatic carbocycles. The minimum atomic E-state index is 0.794. The van der Waals surface area contributed by atoms with Gasteiger partial charge in [-0.05, 0) is 37.1 Å². The van der Waals surface area contributed by atoms with E-state index in [0.717, 1.165) is 38.9 Å². The molecule has 0 fully saturated rings. The van der Waals surface area contributed by atoms with E-state index >= 15 is 0 Å². The summed E-state index contributed by atoms with van der Waals surface area (Å²) in [4.78, 5) is 8.94. The lowest BCUT2D eigenvalue weighted by Crippen LogP contribution is -1.94. The Morgan fingerprint density at radius 3 is 2.62 bits per heavy atom. The maximum Gasteiger partial charge on any atom is 0.130 e. The van der Waals surface area contributed by atoms with Crippen molar-refractivity contribution in [2.75, 3.05) is 5.32 Å². The number of hydrogen-bond acceptors (Lipinski definition) is 5. The molecule has 3 aromatic heterocycles. The van der Waals surface area contributed by atoms with Crippen LogP contribution in [0, 0.1) is 11.3 Å². The van der Waals surface area contributed by atoms with Crippen molar-refractivity contribution in [2.24, 2.45) is 5.92 Å². The molecule has 0 bridgehead atoms. The Bertz CT molecular complexity index is 866. The molecule has 0 saturated heterocycles. The monoisotopic (exact) mass is 366 g/mol. The van der Waals surface area contributed by atoms with E-state index in [1.807, 2.05) is 48.7 Å². The first-order valence-electron chi connectivity index (χ1n) is 8.82. The van der Waals surface area contributed by atoms with E-state index in [9.17, 15) is 0 Å². The van der Waals surface area contributed by atoms with E-state index in [2.05, 4.69) is 36.1 Å². The van der Waals surface area contributed by atoms with Gasteiger partial charge in [0.05, 0.1) is 16.1 Å². The lowest BCUT2D eigenvalue weighted by molar-refractivity contribution is 0.626. The minimum absolute atomic E-state index is 0.794. The lowest BCUT2D eigenvalue weighted by atomic mass is 10.1. The van der Waals surface area contributed by atoms with Crippen LogP contribution in [0.3, 0.4) is 0 Å². The van der Waals surface area contributed by atoms with Gasteiger partial charge in [0.1, 0.15) is 11.3 Å². The third kappa shape index (κ3) is 5.23. The highest BCUT2D eigenvalue weighted by Crippen LogP contribution is 2.31. The van der Waals surface area contributed by atoms with Crippen LogP contribution >= 0.6 is 11.3 Å². The number of aromatic nitrogens is 2. The zero-order valence-corrected chi connectivity index (χ0v) is 16.6. The Hall–Kier alpha value is -2.53. The van der Waals surface area contributed by atoms with Gasteiger partial charge in [0, 0.05) is 23.4 Å². The fraction of sp³-hybridized carbons (Fsp3) is 0.286. The summed E-state index contributed by atoms with van der Waals surface area (Å²) in [6.07, 6.45) is 6.27. The van der Waals surface area contributed by atoms with Crippen LogP contribution in [0.1, 0.15) is 39.8 Å². The number of nitrogens with zero attached hydrogens (tertiary/aromatic N) is 2. The number of hydrogen-bond donors (Lipinski definition) is 2. The second-order valence-corrected chi connectivity index (χ2v) is 7.13. The molecule has 3 heterocycles. The van der Waals surface area contributed by atoms with Crippen molar-refractivity contribution < 1.29 is 0 Å². The molecule has 0 aliphatic carbocycles. The highest BCUT2D eigenvalue weighted by atomic mass is 32.1. The number of rotatable bonds is 5. The molecule has 0 spiro atoms. The molecule has 3 aromatic rings. The van der Waals surface area contributed by atoms with Crippen LogP contribution in [-0.4, -0.2) is 16.2 Å². The molecule has 0 radical (unpaired) electrons. The first-order valence-corrected chi connectivity index (χ1v) is 9.70. The molecule has 26 heavy (non-hydrogen) atoms. The van der Waals surface area contributed by atoms with Gasteiger partial charge in [-0.1, -0.05) is 39.3 Å². The highest BCUT2D eigenvalue weighted by Gasteiger charge is 2.08. The van der Waals surface area contributed by atoms with Gasteiger partial charge in [0.15, 0.2) is 0 Å². The van der Waals surface area contributed by atoms with Gasteiger partial charge in [-0.25, -0.2) is 9.97 Å². The van der Waals surface area contributed by atoms with Crippen molar-refractivity contribution >= 4 is 44.8 Å². The van der Waals surface area contributed by atoms with Gasteiger partial charge < -0.3 is 10.7 Å². The van der Waals surface area contributed by atoms with Crippen LogP contribution < -0.4 is 5.32 Å². The Morgan fingerprint density at radius 2 is 2.04 bits per heavy atom. The zero-order valence-electron chi connectivity index (χ0n) is 15.8. The van der Waals surface area contributed by atoms with E-state index in [-0.39, 0.29) is 0 Å². The molecule has 2 N–H and O–H groups in total. The third-order valence-corrected chi connectivity index (χ3v) is 4.86. The van der Waals surface area contributed by atoms with E-state index in [0.29, 0.717) is 0 Å². The Labute approximate surface area is 159 Å². The van der Waals surface area contributed by atoms with Gasteiger partial charge in [-0.15, -0.1) is 11.3 Å². The number of fused-ring (bicyclic) bond motifs is 1. The first kappa shape index (κ1) is 19.8. The second kappa shape index (κ2) is 9.82. The predicted octanol–water partition coefficient (Wildman–Crippen LogP) is 6.54. The Balaban J connectivity index is 0.000000431. The van der Waals surface area contributed by atoms with Crippen molar-refractivity contribution in [3.63, 3.8) is 0 Å². The molecule has 136 valence electrons. The average molecular weight is 367 g/mol. The minimum Gasteiger partial charge on any atom is -0.338 e. The normalized spacial score (nSPS) is 11.2. The molecular formula is C21H26N4S. The van der Waals surface area contributed by atoms with Gasteiger partial charge in [0.2, 0.25) is 0 Å². The van der Waals surface area contributed by atoms with E-state index in [1.54, 1.807) is 17.5 Å². The third-order valence-electron chi connectivity index (χ3n) is 3.92. The molecule has 5 heteroatoms. The summed E-state index contributed by atoms with van der Waals surface area (Å²) in [7, 11) is 0. The summed E-state index contributed by atoms with van der Waals surface area (Å²) < 4.78 is 1.11. The molecule has 0 saturated carbocycles. The molecule has 0 amide bonds. The maximum atomic E-state index is 7.45. The van der Waals surface area contributed by atoms with Crippen LogP contribution in [0.4, 0.5) is 11.5 Å². The van der Waals surface area contributed by atoms with Crippen molar-refractivity contribution in [3.8, 4) is 0 Å². The topological polar surface area (TPSA) is 61.7 Å². The number of thiophene rings is 1. The molecule has 0 aliphatic rings. The number of allylic oxidation sites excluding steroid dienone is 2. The zero-order chi connectivity index (χ0) is 18.9. The van der Waals surface area contributed by atoms with Crippen molar-refractivity contribution in [3.05, 3.63) is 53.7 Å². The number of anilines is 2. The molecule has 0 aliphatic heterocycles. The van der Waals surface area contributed by atoms with Crippen LogP contribution in [0.5, 0.6) is 0 Å².